The van der Waals surface area contributed by atoms with E-state index in [0.29, 0.717) is 11.3 Å². The van der Waals surface area contributed by atoms with Crippen LogP contribution in [-0.2, 0) is 6.42 Å². The minimum absolute atomic E-state index is 0.224. The summed E-state index contributed by atoms with van der Waals surface area (Å²) in [7, 11) is 0. The Balaban J connectivity index is 3.06. The number of nitrogen functional groups attached to an aromatic ring is 1. The maximum atomic E-state index is 12.1. The third kappa shape index (κ3) is 3.05. The van der Waals surface area contributed by atoms with Crippen molar-refractivity contribution in [2.45, 2.75) is 26.4 Å². The molecule has 0 amide bonds. The van der Waals surface area contributed by atoms with Crippen molar-refractivity contribution in [1.82, 2.24) is 9.97 Å². The molecule has 1 aromatic rings. The molecule has 0 aliphatic carbocycles. The number of nitrogens with zero attached hydrogens (tertiary/aromatic N) is 2. The zero-order valence-electron chi connectivity index (χ0n) is 8.31. The molecule has 84 valence electrons. The van der Waals surface area contributed by atoms with Gasteiger partial charge in [-0.15, -0.1) is 0 Å². The van der Waals surface area contributed by atoms with Crippen molar-refractivity contribution < 1.29 is 13.2 Å². The second-order valence-corrected chi connectivity index (χ2v) is 3.14. The number of nitrogens with one attached hydrogen (secondary N) is 1. The first-order chi connectivity index (χ1) is 6.83. The van der Waals surface area contributed by atoms with Crippen molar-refractivity contribution in [2.75, 3.05) is 5.43 Å². The van der Waals surface area contributed by atoms with Crippen LogP contribution in [0.15, 0.2) is 0 Å². The number of aromatic nitrogens is 2. The molecule has 0 fully saturated rings. The Morgan fingerprint density at radius 2 is 1.87 bits per heavy atom. The van der Waals surface area contributed by atoms with Crippen LogP contribution in [0.1, 0.15) is 17.1 Å². The molecular formula is C8H11F3N4. The molecule has 15 heavy (non-hydrogen) atoms. The Morgan fingerprint density at radius 1 is 1.27 bits per heavy atom. The van der Waals surface area contributed by atoms with Gasteiger partial charge in [0.2, 0.25) is 0 Å². The van der Waals surface area contributed by atoms with E-state index in [4.69, 9.17) is 5.84 Å². The van der Waals surface area contributed by atoms with Crippen LogP contribution in [-0.4, -0.2) is 16.1 Å². The third-order valence-corrected chi connectivity index (χ3v) is 1.93. The summed E-state index contributed by atoms with van der Waals surface area (Å²) in [6.45, 7) is 3.29. The van der Waals surface area contributed by atoms with Gasteiger partial charge in [-0.25, -0.2) is 15.8 Å². The summed E-state index contributed by atoms with van der Waals surface area (Å²) < 4.78 is 36.2. The number of aryl methyl sites for hydroxylation is 1. The Bertz CT molecular complexity index is 362. The molecule has 0 unspecified atom stereocenters. The zero-order chi connectivity index (χ0) is 11.6. The van der Waals surface area contributed by atoms with E-state index in [1.54, 1.807) is 13.8 Å². The number of rotatable bonds is 2. The Kier molecular flexibility index (Phi) is 3.13. The fraction of sp³-hybridized carbons (Fsp3) is 0.500. The van der Waals surface area contributed by atoms with Gasteiger partial charge >= 0.3 is 6.18 Å². The van der Waals surface area contributed by atoms with E-state index in [9.17, 15) is 13.2 Å². The lowest BCUT2D eigenvalue weighted by molar-refractivity contribution is -0.128. The van der Waals surface area contributed by atoms with Crippen molar-refractivity contribution in [1.29, 1.82) is 0 Å². The minimum atomic E-state index is -4.31. The van der Waals surface area contributed by atoms with Crippen molar-refractivity contribution in [3.63, 3.8) is 0 Å². The van der Waals surface area contributed by atoms with E-state index in [-0.39, 0.29) is 11.6 Å². The second-order valence-electron chi connectivity index (χ2n) is 3.14. The van der Waals surface area contributed by atoms with E-state index in [2.05, 4.69) is 15.4 Å². The summed E-state index contributed by atoms with van der Waals surface area (Å²) in [6, 6.07) is 0. The second kappa shape index (κ2) is 4.01. The Hall–Kier alpha value is -1.37. The largest absolute Gasteiger partial charge is 0.396 e. The summed E-state index contributed by atoms with van der Waals surface area (Å²) in [4.78, 5) is 7.41. The average Bonchev–Trinajstić information content (AvgIpc) is 2.08. The fourth-order valence-electron chi connectivity index (χ4n) is 1.09. The van der Waals surface area contributed by atoms with Crippen LogP contribution in [0.4, 0.5) is 19.0 Å². The predicted molar refractivity (Wildman–Crippen MR) is 49.1 cm³/mol. The molecule has 0 aromatic carbocycles. The van der Waals surface area contributed by atoms with Crippen LogP contribution in [0.2, 0.25) is 0 Å². The molecule has 0 saturated heterocycles. The number of alkyl halides is 3. The molecule has 0 aliphatic rings. The first kappa shape index (κ1) is 11.7. The Labute approximate surface area is 84.7 Å². The first-order valence-corrected chi connectivity index (χ1v) is 4.21. The standard InChI is InChI=1S/C8H11F3N4/c1-4-5(2)13-6(3-8(9,10)11)14-7(4)15-12/h3,12H2,1-2H3,(H,13,14,15). The molecule has 4 nitrogen and oxygen atoms in total. The quantitative estimate of drug-likeness (QED) is 0.585. The number of hydrazine groups is 1. The lowest BCUT2D eigenvalue weighted by atomic mass is 10.2. The van der Waals surface area contributed by atoms with Gasteiger partial charge in [-0.2, -0.15) is 13.2 Å². The molecule has 0 spiro atoms. The summed E-state index contributed by atoms with van der Waals surface area (Å²) in [5.41, 5.74) is 3.37. The van der Waals surface area contributed by atoms with Gasteiger partial charge in [-0.3, -0.25) is 0 Å². The molecule has 3 N–H and O–H groups in total. The molecule has 1 rings (SSSR count). The lowest BCUT2D eigenvalue weighted by Gasteiger charge is -2.10. The topological polar surface area (TPSA) is 63.8 Å². The number of anilines is 1. The smallest absolute Gasteiger partial charge is 0.308 e. The molecule has 0 atom stereocenters. The highest BCUT2D eigenvalue weighted by Gasteiger charge is 2.29. The predicted octanol–water partition coefficient (Wildman–Crippen LogP) is 1.48. The first-order valence-electron chi connectivity index (χ1n) is 4.21. The molecule has 0 aliphatic heterocycles. The van der Waals surface area contributed by atoms with Crippen LogP contribution in [0.25, 0.3) is 0 Å². The van der Waals surface area contributed by atoms with E-state index in [1.807, 2.05) is 0 Å². The van der Waals surface area contributed by atoms with Crippen LogP contribution in [0.3, 0.4) is 0 Å². The van der Waals surface area contributed by atoms with Crippen LogP contribution < -0.4 is 11.3 Å². The van der Waals surface area contributed by atoms with Crippen LogP contribution >= 0.6 is 0 Å². The molecule has 1 heterocycles. The van der Waals surface area contributed by atoms with E-state index >= 15 is 0 Å². The molecule has 0 bridgehead atoms. The minimum Gasteiger partial charge on any atom is -0.308 e. The summed E-state index contributed by atoms with van der Waals surface area (Å²) in [5, 5.41) is 0. The van der Waals surface area contributed by atoms with Gasteiger partial charge < -0.3 is 5.43 Å². The van der Waals surface area contributed by atoms with E-state index < -0.39 is 12.6 Å². The van der Waals surface area contributed by atoms with Gasteiger partial charge in [0.05, 0.1) is 0 Å². The number of hydrogen-bond donors (Lipinski definition) is 2. The van der Waals surface area contributed by atoms with Crippen molar-refractivity contribution in [3.8, 4) is 0 Å². The summed E-state index contributed by atoms with van der Waals surface area (Å²) in [6.07, 6.45) is -5.46. The average molecular weight is 220 g/mol. The summed E-state index contributed by atoms with van der Waals surface area (Å²) >= 11 is 0. The molecule has 0 saturated carbocycles. The highest BCUT2D eigenvalue weighted by Crippen LogP contribution is 2.21. The zero-order valence-corrected chi connectivity index (χ0v) is 8.31. The normalized spacial score (nSPS) is 11.6. The SMILES string of the molecule is Cc1nc(CC(F)(F)F)nc(NN)c1C. The molecular weight excluding hydrogens is 209 g/mol. The maximum Gasteiger partial charge on any atom is 0.396 e. The number of halogens is 3. The van der Waals surface area contributed by atoms with E-state index in [1.165, 1.54) is 0 Å². The van der Waals surface area contributed by atoms with E-state index in [0.717, 1.165) is 0 Å². The molecule has 0 radical (unpaired) electrons. The third-order valence-electron chi connectivity index (χ3n) is 1.93. The highest BCUT2D eigenvalue weighted by molar-refractivity contribution is 5.44. The Morgan fingerprint density at radius 3 is 2.33 bits per heavy atom. The highest BCUT2D eigenvalue weighted by atomic mass is 19.4. The fourth-order valence-corrected chi connectivity index (χ4v) is 1.09. The van der Waals surface area contributed by atoms with Gasteiger partial charge in [-0.1, -0.05) is 0 Å². The van der Waals surface area contributed by atoms with Gasteiger partial charge in [0.25, 0.3) is 0 Å². The molecule has 1 aromatic heterocycles. The van der Waals surface area contributed by atoms with Crippen molar-refractivity contribution >= 4 is 5.82 Å². The maximum absolute atomic E-state index is 12.1. The lowest BCUT2D eigenvalue weighted by Crippen LogP contribution is -2.18. The van der Waals surface area contributed by atoms with Crippen LogP contribution in [0, 0.1) is 13.8 Å². The van der Waals surface area contributed by atoms with Crippen LogP contribution in [0.5, 0.6) is 0 Å². The van der Waals surface area contributed by atoms with Gasteiger partial charge in [0.1, 0.15) is 18.1 Å². The van der Waals surface area contributed by atoms with Gasteiger partial charge in [0.15, 0.2) is 0 Å². The number of nitrogens with two attached hydrogens (primary N) is 1. The molecule has 7 heteroatoms. The van der Waals surface area contributed by atoms with Crippen molar-refractivity contribution in [2.24, 2.45) is 5.84 Å². The van der Waals surface area contributed by atoms with Crippen molar-refractivity contribution in [3.05, 3.63) is 17.1 Å². The van der Waals surface area contributed by atoms with Gasteiger partial charge in [0, 0.05) is 11.3 Å². The van der Waals surface area contributed by atoms with Gasteiger partial charge in [-0.05, 0) is 13.8 Å². The summed E-state index contributed by atoms with van der Waals surface area (Å²) in [5.74, 6) is 5.08. The number of hydrogen-bond acceptors (Lipinski definition) is 4. The monoisotopic (exact) mass is 220 g/mol.